The summed E-state index contributed by atoms with van der Waals surface area (Å²) < 4.78 is 39.8. The maximum Gasteiger partial charge on any atom is 0.419 e. The summed E-state index contributed by atoms with van der Waals surface area (Å²) in [5.74, 6) is -0.783. The van der Waals surface area contributed by atoms with Crippen molar-refractivity contribution in [2.75, 3.05) is 18.9 Å². The summed E-state index contributed by atoms with van der Waals surface area (Å²) in [6, 6.07) is 7.91. The van der Waals surface area contributed by atoms with Crippen molar-refractivity contribution in [3.8, 4) is 0 Å². The van der Waals surface area contributed by atoms with Gasteiger partial charge >= 0.3 is 35.3 Å². The van der Waals surface area contributed by atoms with Gasteiger partial charge in [0, 0.05) is 11.8 Å². The van der Waals surface area contributed by atoms with E-state index < -0.39 is 59.1 Å². The number of esters is 1. The van der Waals surface area contributed by atoms with Crippen molar-refractivity contribution in [3.05, 3.63) is 53.3 Å². The fourth-order valence-corrected chi connectivity index (χ4v) is 18.6. The molecule has 14 heteroatoms. The van der Waals surface area contributed by atoms with Crippen molar-refractivity contribution in [2.45, 2.75) is 142 Å². The number of likely N-dealkylation sites (tertiary alicyclic amines) is 1. The van der Waals surface area contributed by atoms with E-state index in [2.05, 4.69) is 55.4 Å². The fraction of sp³-hybridized carbons (Fsp3) is 0.649. The maximum atomic E-state index is 14.3. The third-order valence-electron chi connectivity index (χ3n) is 9.84. The molecule has 1 amide bonds. The Kier molecular flexibility index (Phi) is 12.6. The Balaban J connectivity index is 1.88. The van der Waals surface area contributed by atoms with Gasteiger partial charge in [-0.2, -0.15) is 0 Å². The van der Waals surface area contributed by atoms with E-state index >= 15 is 0 Å². The first-order valence-corrected chi connectivity index (χ1v) is 22.2. The number of nitrogen functional groups attached to an aromatic ring is 1. The number of anilines is 1. The number of hydrogen-bond acceptors (Lipinski definition) is 10. The van der Waals surface area contributed by atoms with E-state index in [0.29, 0.717) is 12.0 Å². The normalized spacial score (nSPS) is 21.8. The zero-order valence-corrected chi connectivity index (χ0v) is 34.5. The number of amides is 1. The molecule has 3 heterocycles. The zero-order valence-electron chi connectivity index (χ0n) is 32.5. The van der Waals surface area contributed by atoms with E-state index in [0.717, 1.165) is 10.1 Å². The molecular formula is C37H59N3O9Si2. The molecule has 12 nitrogen and oxygen atoms in total. The number of carbonyl (C=O) groups is 3. The van der Waals surface area contributed by atoms with Crippen molar-refractivity contribution in [1.82, 2.24) is 9.47 Å². The third kappa shape index (κ3) is 8.24. The summed E-state index contributed by atoms with van der Waals surface area (Å²) in [4.78, 5) is 43.0. The monoisotopic (exact) mass is 745 g/mol. The van der Waals surface area contributed by atoms with E-state index in [9.17, 15) is 14.4 Å². The van der Waals surface area contributed by atoms with Crippen molar-refractivity contribution >= 4 is 41.0 Å². The summed E-state index contributed by atoms with van der Waals surface area (Å²) in [5, 5.41) is 0. The molecule has 51 heavy (non-hydrogen) atoms. The lowest BCUT2D eigenvalue weighted by Crippen LogP contribution is -2.66. The van der Waals surface area contributed by atoms with Crippen LogP contribution in [0.15, 0.2) is 36.5 Å². The molecule has 2 aromatic rings. The minimum Gasteiger partial charge on any atom is -0.461 e. The first kappa shape index (κ1) is 40.6. The van der Waals surface area contributed by atoms with Crippen LogP contribution in [0.25, 0.3) is 0 Å². The molecule has 0 bridgehead atoms. The van der Waals surface area contributed by atoms with Crippen LogP contribution in [0, 0.1) is 0 Å². The number of fused-ring (bicyclic) bond motifs is 1. The summed E-state index contributed by atoms with van der Waals surface area (Å²) in [6.45, 7) is 24.5. The van der Waals surface area contributed by atoms with Gasteiger partial charge in [0.15, 0.2) is 5.69 Å². The molecule has 0 radical (unpaired) electrons. The predicted octanol–water partition coefficient (Wildman–Crippen LogP) is 8.44. The Morgan fingerprint density at radius 3 is 2.02 bits per heavy atom. The minimum atomic E-state index is -3.04. The van der Waals surface area contributed by atoms with Gasteiger partial charge in [-0.3, -0.25) is 4.90 Å². The van der Waals surface area contributed by atoms with Crippen LogP contribution in [0.1, 0.15) is 117 Å². The molecule has 0 aliphatic carbocycles. The van der Waals surface area contributed by atoms with Gasteiger partial charge in [0.05, 0.1) is 37.1 Å². The Morgan fingerprint density at radius 2 is 1.49 bits per heavy atom. The lowest BCUT2D eigenvalue weighted by molar-refractivity contribution is -0.00931. The number of nitrogens with two attached hydrogens (primary N) is 1. The van der Waals surface area contributed by atoms with E-state index in [4.69, 9.17) is 32.9 Å². The number of aromatic nitrogens is 1. The minimum absolute atomic E-state index is 0.0134. The highest BCUT2D eigenvalue weighted by Gasteiger charge is 2.61. The molecule has 0 saturated carbocycles. The molecule has 2 fully saturated rings. The summed E-state index contributed by atoms with van der Waals surface area (Å²) in [6.07, 6.45) is -0.115. The lowest BCUT2D eigenvalue weighted by Gasteiger charge is -2.51. The Hall–Kier alpha value is -3.18. The van der Waals surface area contributed by atoms with Crippen LogP contribution in [0.3, 0.4) is 0 Å². The van der Waals surface area contributed by atoms with Crippen LogP contribution in [0.2, 0.25) is 22.2 Å². The molecule has 2 N–H and O–H groups in total. The van der Waals surface area contributed by atoms with Crippen LogP contribution in [-0.4, -0.2) is 75.7 Å². The van der Waals surface area contributed by atoms with Gasteiger partial charge < -0.3 is 32.9 Å². The van der Waals surface area contributed by atoms with Crippen molar-refractivity contribution in [1.29, 1.82) is 0 Å². The highest BCUT2D eigenvalue weighted by atomic mass is 28.5. The average molecular weight is 746 g/mol. The van der Waals surface area contributed by atoms with E-state index in [1.807, 2.05) is 51.1 Å². The molecule has 0 unspecified atom stereocenters. The Morgan fingerprint density at radius 1 is 0.902 bits per heavy atom. The topological polar surface area (TPSA) is 141 Å². The van der Waals surface area contributed by atoms with Crippen LogP contribution in [0.5, 0.6) is 0 Å². The molecule has 1 aromatic carbocycles. The van der Waals surface area contributed by atoms with Gasteiger partial charge in [-0.1, -0.05) is 85.7 Å². The number of rotatable bonds is 9. The highest BCUT2D eigenvalue weighted by molar-refractivity contribution is 6.84. The molecule has 4 rings (SSSR count). The predicted molar refractivity (Wildman–Crippen MR) is 200 cm³/mol. The van der Waals surface area contributed by atoms with Gasteiger partial charge in [0.1, 0.15) is 12.2 Å². The fourth-order valence-electron chi connectivity index (χ4n) is 7.38. The van der Waals surface area contributed by atoms with E-state index in [-0.39, 0.29) is 53.4 Å². The molecular weight excluding hydrogens is 687 g/mol. The second-order valence-electron chi connectivity index (χ2n) is 15.8. The molecule has 3 atom stereocenters. The third-order valence-corrected chi connectivity index (χ3v) is 20.1. The zero-order chi connectivity index (χ0) is 38.1. The smallest absolute Gasteiger partial charge is 0.419 e. The number of carbonyl (C=O) groups excluding carboxylic acids is 3. The van der Waals surface area contributed by atoms with Gasteiger partial charge in [-0.05, 0) is 61.8 Å². The van der Waals surface area contributed by atoms with Crippen LogP contribution in [-0.2, 0) is 33.8 Å². The first-order valence-electron chi connectivity index (χ1n) is 18.2. The largest absolute Gasteiger partial charge is 0.461 e. The Bertz CT molecular complexity index is 1520. The number of hydrogen-bond donors (Lipinski definition) is 1. The molecule has 0 spiro atoms. The van der Waals surface area contributed by atoms with Gasteiger partial charge in [0.25, 0.3) is 0 Å². The molecule has 2 aliphatic rings. The number of nitrogens with zero attached hydrogens (tertiary/aromatic N) is 2. The maximum absolute atomic E-state index is 14.3. The van der Waals surface area contributed by atoms with Crippen LogP contribution >= 0.6 is 0 Å². The van der Waals surface area contributed by atoms with Crippen molar-refractivity contribution in [2.24, 2.45) is 0 Å². The van der Waals surface area contributed by atoms with Crippen molar-refractivity contribution in [3.63, 3.8) is 0 Å². The SMILES string of the molecule is CCOC(=O)c1c(N)c([C@H]2C[C@@H]3O[Si](C(C)C)(C(C)C)O[Si](C(C)C)(C(C)C)OC[C@H]3N2C(=O)OC(C)(C)C)cn1C(=O)OCc1ccccc1. The summed E-state index contributed by atoms with van der Waals surface area (Å²) >= 11 is 0. The summed E-state index contributed by atoms with van der Waals surface area (Å²) in [7, 11) is -5.98. The van der Waals surface area contributed by atoms with Crippen LogP contribution < -0.4 is 5.73 Å². The standard InChI is InChI=1S/C37H59N3O9Si2/c1-13-44-34(41)33-32(38)28(20-39(33)35(42)45-21-27-17-15-14-16-18-27)29-19-31-30(40(29)36(43)47-37(10,11)12)22-46-50(23(2)3,24(4)5)49-51(48-31,25(6)7)26(8)9/h14-18,20,23-26,29-31H,13,19,21-22,38H2,1-12H3/t29-,30-,31+/m1/s1. The second-order valence-corrected chi connectivity index (χ2v) is 24.7. The second kappa shape index (κ2) is 15.8. The lowest BCUT2D eigenvalue weighted by atomic mass is 10.0. The first-order chi connectivity index (χ1) is 23.8. The number of benzene rings is 1. The van der Waals surface area contributed by atoms with Crippen LogP contribution in [0.4, 0.5) is 15.3 Å². The van der Waals surface area contributed by atoms with Crippen molar-refractivity contribution < 1.29 is 41.6 Å². The van der Waals surface area contributed by atoms with E-state index in [1.165, 1.54) is 6.20 Å². The molecule has 2 saturated heterocycles. The summed E-state index contributed by atoms with van der Waals surface area (Å²) in [5.41, 5.74) is 7.32. The number of ether oxygens (including phenoxy) is 3. The van der Waals surface area contributed by atoms with E-state index in [1.54, 1.807) is 11.8 Å². The highest BCUT2D eigenvalue weighted by Crippen LogP contribution is 2.50. The molecule has 2 aliphatic heterocycles. The molecule has 1 aromatic heterocycles. The van der Waals surface area contributed by atoms with Gasteiger partial charge in [-0.15, -0.1) is 0 Å². The quantitative estimate of drug-likeness (QED) is 0.151. The Labute approximate surface area is 305 Å². The average Bonchev–Trinajstić information content (AvgIpc) is 3.55. The van der Waals surface area contributed by atoms with Gasteiger partial charge in [-0.25, -0.2) is 19.0 Å². The molecule has 284 valence electrons. The van der Waals surface area contributed by atoms with Gasteiger partial charge in [0.2, 0.25) is 0 Å².